The molecule has 2 aromatic heterocycles. The van der Waals surface area contributed by atoms with Crippen LogP contribution in [0.5, 0.6) is 0 Å². The molecule has 0 aliphatic heterocycles. The van der Waals surface area contributed by atoms with Gasteiger partial charge in [-0.15, -0.1) is 0 Å². The highest BCUT2D eigenvalue weighted by Crippen LogP contribution is 2.28. The smallest absolute Gasteiger partial charge is 0.266 e. The zero-order chi connectivity index (χ0) is 17.9. The Balaban J connectivity index is 2.23. The lowest BCUT2D eigenvalue weighted by atomic mass is 9.84. The van der Waals surface area contributed by atoms with Gasteiger partial charge in [0.1, 0.15) is 11.6 Å². The summed E-state index contributed by atoms with van der Waals surface area (Å²) in [6, 6.07) is 1.97. The number of nitrogens with one attached hydrogen (secondary N) is 1. The van der Waals surface area contributed by atoms with Gasteiger partial charge in [-0.25, -0.2) is 0 Å². The number of hydrogen-bond acceptors (Lipinski definition) is 5. The maximum atomic E-state index is 11.8. The van der Waals surface area contributed by atoms with Crippen LogP contribution in [-0.2, 0) is 18.3 Å². The molecule has 0 saturated heterocycles. The van der Waals surface area contributed by atoms with E-state index in [9.17, 15) is 4.79 Å². The molecule has 0 unspecified atom stereocenters. The zero-order valence-electron chi connectivity index (χ0n) is 15.0. The minimum atomic E-state index is -0.335. The minimum Gasteiger partial charge on any atom is -0.339 e. The first kappa shape index (κ1) is 17.9. The van der Waals surface area contributed by atoms with Crippen LogP contribution < -0.4 is 5.56 Å². The molecule has 1 N–H and O–H groups in total. The van der Waals surface area contributed by atoms with Crippen LogP contribution in [0.3, 0.4) is 0 Å². The van der Waals surface area contributed by atoms with E-state index in [1.165, 1.54) is 0 Å². The van der Waals surface area contributed by atoms with E-state index in [1.807, 2.05) is 13.0 Å². The number of aryl methyl sites for hydroxylation is 2. The van der Waals surface area contributed by atoms with Gasteiger partial charge in [-0.1, -0.05) is 25.9 Å². The van der Waals surface area contributed by atoms with Gasteiger partial charge in [0.05, 0.1) is 0 Å². The van der Waals surface area contributed by atoms with Gasteiger partial charge in [0.25, 0.3) is 5.56 Å². The fourth-order valence-corrected chi connectivity index (χ4v) is 2.82. The summed E-state index contributed by atoms with van der Waals surface area (Å²) in [5, 5.41) is 13.3. The SMILES string of the molecule is CCC(C)(CC)c1noc(CCc2c(C)[nH]c(=O)c(C#N)c2C)n1. The second-order valence-corrected chi connectivity index (χ2v) is 6.45. The van der Waals surface area contributed by atoms with Crippen LogP contribution in [0.2, 0.25) is 0 Å². The molecular weight excluding hydrogens is 304 g/mol. The van der Waals surface area contributed by atoms with Crippen molar-refractivity contribution in [3.63, 3.8) is 0 Å². The number of hydrogen-bond donors (Lipinski definition) is 1. The minimum absolute atomic E-state index is 0.0699. The van der Waals surface area contributed by atoms with E-state index in [0.29, 0.717) is 18.7 Å². The monoisotopic (exact) mass is 328 g/mol. The van der Waals surface area contributed by atoms with Gasteiger partial charge in [0, 0.05) is 17.5 Å². The van der Waals surface area contributed by atoms with Crippen molar-refractivity contribution in [2.75, 3.05) is 0 Å². The molecule has 24 heavy (non-hydrogen) atoms. The molecule has 0 amide bonds. The van der Waals surface area contributed by atoms with Crippen LogP contribution in [0.1, 0.15) is 67.7 Å². The highest BCUT2D eigenvalue weighted by Gasteiger charge is 2.28. The van der Waals surface area contributed by atoms with E-state index in [0.717, 1.165) is 35.5 Å². The molecule has 2 heterocycles. The number of aromatic nitrogens is 3. The predicted molar refractivity (Wildman–Crippen MR) is 90.9 cm³/mol. The molecule has 0 aliphatic rings. The van der Waals surface area contributed by atoms with Gasteiger partial charge in [-0.05, 0) is 44.2 Å². The van der Waals surface area contributed by atoms with Crippen molar-refractivity contribution < 1.29 is 4.52 Å². The second-order valence-electron chi connectivity index (χ2n) is 6.45. The van der Waals surface area contributed by atoms with E-state index in [-0.39, 0.29) is 16.5 Å². The van der Waals surface area contributed by atoms with Crippen LogP contribution in [0.15, 0.2) is 9.32 Å². The van der Waals surface area contributed by atoms with Gasteiger partial charge in [0.15, 0.2) is 5.82 Å². The van der Waals surface area contributed by atoms with Crippen molar-refractivity contribution in [3.05, 3.63) is 44.5 Å². The summed E-state index contributed by atoms with van der Waals surface area (Å²) in [4.78, 5) is 19.1. The summed E-state index contributed by atoms with van der Waals surface area (Å²) in [7, 11) is 0. The van der Waals surface area contributed by atoms with Crippen molar-refractivity contribution in [1.82, 2.24) is 15.1 Å². The fourth-order valence-electron chi connectivity index (χ4n) is 2.82. The number of rotatable bonds is 6. The van der Waals surface area contributed by atoms with Crippen molar-refractivity contribution in [2.24, 2.45) is 0 Å². The number of nitrogens with zero attached hydrogens (tertiary/aromatic N) is 3. The van der Waals surface area contributed by atoms with E-state index >= 15 is 0 Å². The number of pyridine rings is 1. The Kier molecular flexibility index (Phi) is 5.23. The predicted octanol–water partition coefficient (Wildman–Crippen LogP) is 3.11. The van der Waals surface area contributed by atoms with E-state index in [2.05, 4.69) is 35.9 Å². The Morgan fingerprint density at radius 3 is 2.50 bits per heavy atom. The highest BCUT2D eigenvalue weighted by molar-refractivity contribution is 5.42. The Bertz CT molecular complexity index is 823. The summed E-state index contributed by atoms with van der Waals surface area (Å²) >= 11 is 0. The van der Waals surface area contributed by atoms with Crippen LogP contribution in [0.4, 0.5) is 0 Å². The van der Waals surface area contributed by atoms with Crippen molar-refractivity contribution in [1.29, 1.82) is 5.26 Å². The van der Waals surface area contributed by atoms with Crippen LogP contribution in [0, 0.1) is 25.2 Å². The third kappa shape index (κ3) is 3.25. The zero-order valence-corrected chi connectivity index (χ0v) is 15.0. The second kappa shape index (κ2) is 7.00. The standard InChI is InChI=1S/C18H24N4O2/c1-6-18(5,7-2)17-21-15(24-22-17)9-8-13-11(3)14(10-19)16(23)20-12(13)4/h6-9H2,1-5H3,(H,20,23). The lowest BCUT2D eigenvalue weighted by Gasteiger charge is -2.21. The van der Waals surface area contributed by atoms with E-state index < -0.39 is 0 Å². The largest absolute Gasteiger partial charge is 0.339 e. The van der Waals surface area contributed by atoms with Crippen molar-refractivity contribution >= 4 is 0 Å². The number of aromatic amines is 1. The molecule has 2 aromatic rings. The first-order valence-corrected chi connectivity index (χ1v) is 8.31. The first-order valence-electron chi connectivity index (χ1n) is 8.31. The average molecular weight is 328 g/mol. The molecule has 2 rings (SSSR count). The Morgan fingerprint density at radius 1 is 1.25 bits per heavy atom. The van der Waals surface area contributed by atoms with E-state index in [1.54, 1.807) is 6.92 Å². The summed E-state index contributed by atoms with van der Waals surface area (Å²) in [6.45, 7) is 10.0. The Labute approximate surface area is 141 Å². The van der Waals surface area contributed by atoms with Crippen LogP contribution >= 0.6 is 0 Å². The first-order chi connectivity index (χ1) is 11.4. The molecular formula is C18H24N4O2. The van der Waals surface area contributed by atoms with Crippen molar-refractivity contribution in [2.45, 2.75) is 65.7 Å². The summed E-state index contributed by atoms with van der Waals surface area (Å²) < 4.78 is 5.40. The summed E-state index contributed by atoms with van der Waals surface area (Å²) in [6.07, 6.45) is 3.12. The van der Waals surface area contributed by atoms with Gasteiger partial charge in [0.2, 0.25) is 5.89 Å². The average Bonchev–Trinajstić information content (AvgIpc) is 3.03. The maximum Gasteiger partial charge on any atom is 0.266 e. The van der Waals surface area contributed by atoms with Gasteiger partial charge in [-0.3, -0.25) is 4.79 Å². The highest BCUT2D eigenvalue weighted by atomic mass is 16.5. The molecule has 6 heteroatoms. The molecule has 128 valence electrons. The molecule has 0 spiro atoms. The Hall–Kier alpha value is -2.42. The lowest BCUT2D eigenvalue weighted by Crippen LogP contribution is -2.21. The molecule has 0 aromatic carbocycles. The molecule has 0 bridgehead atoms. The van der Waals surface area contributed by atoms with Crippen molar-refractivity contribution in [3.8, 4) is 6.07 Å². The van der Waals surface area contributed by atoms with E-state index in [4.69, 9.17) is 9.78 Å². The van der Waals surface area contributed by atoms with Crippen LogP contribution in [-0.4, -0.2) is 15.1 Å². The molecule has 0 radical (unpaired) electrons. The summed E-state index contributed by atoms with van der Waals surface area (Å²) in [5.74, 6) is 1.33. The summed E-state index contributed by atoms with van der Waals surface area (Å²) in [5.41, 5.74) is 2.23. The number of H-pyrrole nitrogens is 1. The van der Waals surface area contributed by atoms with Gasteiger partial charge >= 0.3 is 0 Å². The number of nitriles is 1. The van der Waals surface area contributed by atoms with Gasteiger partial charge < -0.3 is 9.51 Å². The molecule has 0 fully saturated rings. The maximum absolute atomic E-state index is 11.8. The molecule has 0 aliphatic carbocycles. The van der Waals surface area contributed by atoms with Gasteiger partial charge in [-0.2, -0.15) is 10.2 Å². The van der Waals surface area contributed by atoms with Crippen LogP contribution in [0.25, 0.3) is 0 Å². The molecule has 0 saturated carbocycles. The molecule has 0 atom stereocenters. The quantitative estimate of drug-likeness (QED) is 0.879. The topological polar surface area (TPSA) is 95.6 Å². The lowest BCUT2D eigenvalue weighted by molar-refractivity contribution is 0.344. The Morgan fingerprint density at radius 2 is 1.92 bits per heavy atom. The normalized spacial score (nSPS) is 11.5. The third-order valence-electron chi connectivity index (χ3n) is 5.08. The third-order valence-corrected chi connectivity index (χ3v) is 5.08. The fraction of sp³-hybridized carbons (Fsp3) is 0.556. The molecule has 6 nitrogen and oxygen atoms in total.